The summed E-state index contributed by atoms with van der Waals surface area (Å²) in [4.78, 5) is 36.1. The van der Waals surface area contributed by atoms with Crippen molar-refractivity contribution in [3.63, 3.8) is 0 Å². The third-order valence-electron chi connectivity index (χ3n) is 3.85. The van der Waals surface area contributed by atoms with Gasteiger partial charge in [0.1, 0.15) is 5.75 Å². The van der Waals surface area contributed by atoms with Gasteiger partial charge >= 0.3 is 0 Å². The molecule has 8 heteroatoms. The smallest absolute Gasteiger partial charge is 0.269 e. The fourth-order valence-corrected chi connectivity index (χ4v) is 2.96. The standard InChI is InChI=1S/C20H25N3O4S/c1-2-3-4-5-12-27-16-10-8-15(9-11-16)19(25)23-22-18(24)14-21-20(26)17-7-6-13-28-17/h6-11,13H,2-5,12,14H2,1H3,(H,21,26)(H,22,24)(H,23,25). The maximum absolute atomic E-state index is 12.1. The van der Waals surface area contributed by atoms with E-state index in [9.17, 15) is 14.4 Å². The van der Waals surface area contributed by atoms with Gasteiger partial charge in [0.05, 0.1) is 18.0 Å². The lowest BCUT2D eigenvalue weighted by atomic mass is 10.2. The summed E-state index contributed by atoms with van der Waals surface area (Å²) in [7, 11) is 0. The number of rotatable bonds is 10. The molecule has 7 nitrogen and oxygen atoms in total. The third-order valence-corrected chi connectivity index (χ3v) is 4.72. The minimum atomic E-state index is -0.523. The quantitative estimate of drug-likeness (QED) is 0.420. The largest absolute Gasteiger partial charge is 0.494 e. The van der Waals surface area contributed by atoms with Gasteiger partial charge in [0.15, 0.2) is 0 Å². The van der Waals surface area contributed by atoms with Crippen LogP contribution in [0.15, 0.2) is 41.8 Å². The van der Waals surface area contributed by atoms with Crippen molar-refractivity contribution >= 4 is 29.1 Å². The summed E-state index contributed by atoms with van der Waals surface area (Å²) >= 11 is 1.28. The predicted octanol–water partition coefficient (Wildman–Crippen LogP) is 2.90. The first-order valence-electron chi connectivity index (χ1n) is 9.24. The minimum Gasteiger partial charge on any atom is -0.494 e. The van der Waals surface area contributed by atoms with Crippen LogP contribution >= 0.6 is 11.3 Å². The Morgan fingerprint density at radius 2 is 1.75 bits per heavy atom. The van der Waals surface area contributed by atoms with E-state index >= 15 is 0 Å². The molecule has 2 rings (SSSR count). The molecule has 1 aromatic heterocycles. The highest BCUT2D eigenvalue weighted by molar-refractivity contribution is 7.12. The third kappa shape index (κ3) is 7.40. The molecule has 0 spiro atoms. The second-order valence-electron chi connectivity index (χ2n) is 6.10. The van der Waals surface area contributed by atoms with E-state index in [2.05, 4.69) is 23.1 Å². The Balaban J connectivity index is 1.67. The number of unbranched alkanes of at least 4 members (excludes halogenated alkanes) is 3. The fourth-order valence-electron chi connectivity index (χ4n) is 2.32. The molecule has 150 valence electrons. The Hall–Kier alpha value is -2.87. The number of thiophene rings is 1. The molecule has 0 unspecified atom stereocenters. The zero-order valence-corrected chi connectivity index (χ0v) is 16.6. The molecule has 0 aliphatic carbocycles. The van der Waals surface area contributed by atoms with E-state index in [-0.39, 0.29) is 12.5 Å². The van der Waals surface area contributed by atoms with Crippen LogP contribution in [0.2, 0.25) is 0 Å². The molecule has 1 heterocycles. The number of hydrazine groups is 1. The SMILES string of the molecule is CCCCCCOc1ccc(C(=O)NNC(=O)CNC(=O)c2cccs2)cc1. The topological polar surface area (TPSA) is 96.5 Å². The van der Waals surface area contributed by atoms with Crippen LogP contribution in [0.4, 0.5) is 0 Å². The van der Waals surface area contributed by atoms with Crippen molar-refractivity contribution in [2.45, 2.75) is 32.6 Å². The summed E-state index contributed by atoms with van der Waals surface area (Å²) in [6.07, 6.45) is 4.53. The van der Waals surface area contributed by atoms with E-state index < -0.39 is 11.8 Å². The molecule has 0 atom stereocenters. The molecule has 2 aromatic rings. The molecule has 0 aliphatic rings. The Morgan fingerprint density at radius 3 is 2.43 bits per heavy atom. The lowest BCUT2D eigenvalue weighted by Crippen LogP contribution is -2.46. The highest BCUT2D eigenvalue weighted by Crippen LogP contribution is 2.13. The maximum atomic E-state index is 12.1. The van der Waals surface area contributed by atoms with Crippen LogP contribution in [-0.2, 0) is 4.79 Å². The Bertz CT molecular complexity index is 760. The zero-order valence-electron chi connectivity index (χ0n) is 15.8. The van der Waals surface area contributed by atoms with Crippen LogP contribution in [0.25, 0.3) is 0 Å². The number of carbonyl (C=O) groups excluding carboxylic acids is 3. The fraction of sp³-hybridized carbons (Fsp3) is 0.350. The lowest BCUT2D eigenvalue weighted by Gasteiger charge is -2.09. The zero-order chi connectivity index (χ0) is 20.2. The number of hydrogen-bond acceptors (Lipinski definition) is 5. The van der Waals surface area contributed by atoms with Gasteiger partial charge in [0.25, 0.3) is 17.7 Å². The van der Waals surface area contributed by atoms with Gasteiger partial charge < -0.3 is 10.1 Å². The van der Waals surface area contributed by atoms with Crippen molar-refractivity contribution in [3.8, 4) is 5.75 Å². The van der Waals surface area contributed by atoms with Gasteiger partial charge in [-0.25, -0.2) is 0 Å². The van der Waals surface area contributed by atoms with Crippen LogP contribution in [0.1, 0.15) is 52.6 Å². The lowest BCUT2D eigenvalue weighted by molar-refractivity contribution is -0.120. The second kappa shape index (κ2) is 11.8. The van der Waals surface area contributed by atoms with E-state index in [1.165, 1.54) is 24.2 Å². The Labute approximate surface area is 168 Å². The van der Waals surface area contributed by atoms with Crippen LogP contribution in [0.5, 0.6) is 5.75 Å². The highest BCUT2D eigenvalue weighted by atomic mass is 32.1. The molecule has 0 saturated heterocycles. The van der Waals surface area contributed by atoms with E-state index in [0.29, 0.717) is 22.8 Å². The van der Waals surface area contributed by atoms with Gasteiger partial charge in [0, 0.05) is 5.56 Å². The average molecular weight is 404 g/mol. The summed E-state index contributed by atoms with van der Waals surface area (Å²) < 4.78 is 5.63. The summed E-state index contributed by atoms with van der Waals surface area (Å²) in [6, 6.07) is 10.1. The van der Waals surface area contributed by atoms with Crippen molar-refractivity contribution in [1.82, 2.24) is 16.2 Å². The molecule has 3 amide bonds. The minimum absolute atomic E-state index is 0.234. The maximum Gasteiger partial charge on any atom is 0.269 e. The highest BCUT2D eigenvalue weighted by Gasteiger charge is 2.10. The average Bonchev–Trinajstić information content (AvgIpc) is 3.25. The first kappa shape index (κ1) is 21.4. The van der Waals surface area contributed by atoms with Gasteiger partial charge in [-0.15, -0.1) is 11.3 Å². The molecule has 0 bridgehead atoms. The number of carbonyl (C=O) groups is 3. The Morgan fingerprint density at radius 1 is 0.964 bits per heavy atom. The summed E-state index contributed by atoms with van der Waals surface area (Å²) in [5.41, 5.74) is 4.97. The molecule has 1 aromatic carbocycles. The number of amides is 3. The normalized spacial score (nSPS) is 10.2. The first-order valence-corrected chi connectivity index (χ1v) is 10.1. The molecule has 28 heavy (non-hydrogen) atoms. The summed E-state index contributed by atoms with van der Waals surface area (Å²) in [6.45, 7) is 2.58. The molecule has 0 radical (unpaired) electrons. The molecule has 0 aliphatic heterocycles. The van der Waals surface area contributed by atoms with Crippen LogP contribution < -0.4 is 20.9 Å². The molecule has 0 saturated carbocycles. The number of hydrogen-bond donors (Lipinski definition) is 3. The number of benzene rings is 1. The van der Waals surface area contributed by atoms with Crippen LogP contribution in [0, 0.1) is 0 Å². The van der Waals surface area contributed by atoms with E-state index in [1.807, 2.05) is 0 Å². The van der Waals surface area contributed by atoms with Crippen molar-refractivity contribution in [2.24, 2.45) is 0 Å². The van der Waals surface area contributed by atoms with Crippen molar-refractivity contribution in [2.75, 3.05) is 13.2 Å². The van der Waals surface area contributed by atoms with Gasteiger partial charge in [-0.05, 0) is 42.1 Å². The second-order valence-corrected chi connectivity index (χ2v) is 7.04. The van der Waals surface area contributed by atoms with E-state index in [0.717, 1.165) is 12.8 Å². The number of ether oxygens (including phenoxy) is 1. The van der Waals surface area contributed by atoms with Gasteiger partial charge in [-0.1, -0.05) is 32.3 Å². The van der Waals surface area contributed by atoms with Gasteiger partial charge in [-0.3, -0.25) is 25.2 Å². The molecular weight excluding hydrogens is 378 g/mol. The van der Waals surface area contributed by atoms with Gasteiger partial charge in [-0.2, -0.15) is 0 Å². The van der Waals surface area contributed by atoms with Crippen LogP contribution in [-0.4, -0.2) is 30.9 Å². The Kier molecular flexibility index (Phi) is 9.00. The van der Waals surface area contributed by atoms with Crippen LogP contribution in [0.3, 0.4) is 0 Å². The predicted molar refractivity (Wildman–Crippen MR) is 108 cm³/mol. The van der Waals surface area contributed by atoms with E-state index in [4.69, 9.17) is 4.74 Å². The monoisotopic (exact) mass is 403 g/mol. The van der Waals surface area contributed by atoms with Crippen molar-refractivity contribution in [1.29, 1.82) is 0 Å². The number of nitrogens with one attached hydrogen (secondary N) is 3. The van der Waals surface area contributed by atoms with E-state index in [1.54, 1.807) is 41.8 Å². The molecule has 0 fully saturated rings. The molecule has 3 N–H and O–H groups in total. The van der Waals surface area contributed by atoms with Crippen molar-refractivity contribution in [3.05, 3.63) is 52.2 Å². The molecular formula is C20H25N3O4S. The summed E-state index contributed by atoms with van der Waals surface area (Å²) in [5.74, 6) is -0.604. The first-order chi connectivity index (χ1) is 13.6. The summed E-state index contributed by atoms with van der Waals surface area (Å²) in [5, 5.41) is 4.26. The van der Waals surface area contributed by atoms with Gasteiger partial charge in [0.2, 0.25) is 0 Å². The van der Waals surface area contributed by atoms with Crippen molar-refractivity contribution < 1.29 is 19.1 Å².